The average Bonchev–Trinajstić information content (AvgIpc) is 3.45. The highest BCUT2D eigenvalue weighted by Crippen LogP contribution is 2.55. The maximum atomic E-state index is 13.7. The molecule has 0 fully saturated rings. The first-order chi connectivity index (χ1) is 13.7. The van der Waals surface area contributed by atoms with Gasteiger partial charge in [-0.15, -0.1) is 0 Å². The van der Waals surface area contributed by atoms with Gasteiger partial charge in [0.25, 0.3) is 0 Å². The Morgan fingerprint density at radius 3 is 2.75 bits per heavy atom. The van der Waals surface area contributed by atoms with E-state index < -0.39 is 5.41 Å². The summed E-state index contributed by atoms with van der Waals surface area (Å²) in [6, 6.07) is 11.4. The van der Waals surface area contributed by atoms with Gasteiger partial charge >= 0.3 is 0 Å². The molecule has 7 nitrogen and oxygen atoms in total. The molecule has 0 radical (unpaired) electrons. The van der Waals surface area contributed by atoms with Crippen LogP contribution >= 0.6 is 23.1 Å². The maximum Gasteiger partial charge on any atom is 0.246 e. The monoisotopic (exact) mass is 413 g/mol. The molecule has 0 N–H and O–H groups in total. The summed E-state index contributed by atoms with van der Waals surface area (Å²) >= 11 is 7.03. The zero-order valence-electron chi connectivity index (χ0n) is 14.3. The molecule has 1 spiro atoms. The van der Waals surface area contributed by atoms with Gasteiger partial charge in [-0.2, -0.15) is 4.37 Å². The number of carbonyl (C=O) groups excluding carboxylic acids is 1. The second kappa shape index (κ2) is 5.59. The van der Waals surface area contributed by atoms with E-state index in [4.69, 9.17) is 25.8 Å². The number of amides is 1. The van der Waals surface area contributed by atoms with Crippen molar-refractivity contribution in [3.8, 4) is 17.2 Å². The van der Waals surface area contributed by atoms with Gasteiger partial charge in [0.1, 0.15) is 17.8 Å². The minimum Gasteiger partial charge on any atom is -0.491 e. The third kappa shape index (κ3) is 2.01. The van der Waals surface area contributed by atoms with Crippen molar-refractivity contribution in [1.82, 2.24) is 9.36 Å². The maximum absolute atomic E-state index is 13.7. The predicted octanol–water partition coefficient (Wildman–Crippen LogP) is 3.15. The number of nitrogens with zero attached hydrogens (tertiary/aromatic N) is 3. The van der Waals surface area contributed by atoms with Gasteiger partial charge < -0.3 is 19.1 Å². The number of benzene rings is 2. The molecule has 9 heteroatoms. The SMILES string of the molecule is O=C1N(Cc2nsc(Cl)n2)c2ccccc2C12COc1cc3c(cc12)OCO3. The highest BCUT2D eigenvalue weighted by Gasteiger charge is 2.57. The molecule has 3 aromatic rings. The molecule has 0 saturated carbocycles. The van der Waals surface area contributed by atoms with Gasteiger partial charge in [-0.3, -0.25) is 4.79 Å². The van der Waals surface area contributed by atoms with E-state index in [0.717, 1.165) is 28.3 Å². The van der Waals surface area contributed by atoms with Crippen LogP contribution in [0.2, 0.25) is 4.47 Å². The number of carbonyl (C=O) groups is 1. The third-order valence-electron chi connectivity index (χ3n) is 5.39. The largest absolute Gasteiger partial charge is 0.491 e. The Labute approximate surface area is 168 Å². The number of halogens is 1. The van der Waals surface area contributed by atoms with Gasteiger partial charge in [-0.05, 0) is 40.8 Å². The summed E-state index contributed by atoms with van der Waals surface area (Å²) in [6.45, 7) is 0.641. The van der Waals surface area contributed by atoms with Gasteiger partial charge in [-0.25, -0.2) is 4.98 Å². The van der Waals surface area contributed by atoms with Crippen LogP contribution in [0.15, 0.2) is 36.4 Å². The van der Waals surface area contributed by atoms with Crippen molar-refractivity contribution in [2.45, 2.75) is 12.0 Å². The molecule has 28 heavy (non-hydrogen) atoms. The molecule has 140 valence electrons. The lowest BCUT2D eigenvalue weighted by Gasteiger charge is -2.22. The quantitative estimate of drug-likeness (QED) is 0.642. The zero-order valence-corrected chi connectivity index (χ0v) is 15.9. The number of rotatable bonds is 2. The molecule has 0 bridgehead atoms. The Morgan fingerprint density at radius 1 is 1.11 bits per heavy atom. The van der Waals surface area contributed by atoms with Gasteiger partial charge in [0, 0.05) is 17.3 Å². The second-order valence-electron chi connectivity index (χ2n) is 6.77. The van der Waals surface area contributed by atoms with Gasteiger partial charge in [-0.1, -0.05) is 18.2 Å². The molecular formula is C19H12ClN3O4S. The Balaban J connectivity index is 1.51. The van der Waals surface area contributed by atoms with E-state index in [9.17, 15) is 4.79 Å². The first kappa shape index (κ1) is 16.1. The highest BCUT2D eigenvalue weighted by atomic mass is 35.5. The van der Waals surface area contributed by atoms with E-state index in [2.05, 4.69) is 9.36 Å². The first-order valence-corrected chi connectivity index (χ1v) is 9.78. The van der Waals surface area contributed by atoms with Crippen molar-refractivity contribution in [3.63, 3.8) is 0 Å². The van der Waals surface area contributed by atoms with Crippen molar-refractivity contribution in [1.29, 1.82) is 0 Å². The van der Waals surface area contributed by atoms with Crippen molar-refractivity contribution < 1.29 is 19.0 Å². The van der Waals surface area contributed by atoms with E-state index in [1.165, 1.54) is 0 Å². The molecule has 1 atom stereocenters. The van der Waals surface area contributed by atoms with Crippen LogP contribution in [0.4, 0.5) is 5.69 Å². The molecule has 4 heterocycles. The Kier molecular flexibility index (Phi) is 3.22. The summed E-state index contributed by atoms with van der Waals surface area (Å²) in [5.41, 5.74) is 1.60. The minimum absolute atomic E-state index is 0.0720. The molecule has 1 amide bonds. The predicted molar refractivity (Wildman–Crippen MR) is 101 cm³/mol. The smallest absolute Gasteiger partial charge is 0.246 e. The van der Waals surface area contributed by atoms with Crippen molar-refractivity contribution in [2.75, 3.05) is 18.3 Å². The number of fused-ring (bicyclic) bond motifs is 5. The molecular weight excluding hydrogens is 402 g/mol. The standard InChI is InChI=1S/C19H12ClN3O4S/c20-18-21-16(22-28-18)7-23-12-4-2-1-3-10(12)19(17(23)24)8-25-13-6-15-14(5-11(13)19)26-9-27-15/h1-6H,7-9H2. The van der Waals surface area contributed by atoms with E-state index in [1.807, 2.05) is 30.3 Å². The molecule has 6 rings (SSSR count). The summed E-state index contributed by atoms with van der Waals surface area (Å²) in [4.78, 5) is 19.7. The van der Waals surface area contributed by atoms with Crippen LogP contribution in [0.5, 0.6) is 17.2 Å². The minimum atomic E-state index is -0.924. The normalized spacial score (nSPS) is 21.2. The molecule has 1 aromatic heterocycles. The average molecular weight is 414 g/mol. The molecule has 3 aliphatic heterocycles. The summed E-state index contributed by atoms with van der Waals surface area (Å²) in [5.74, 6) is 2.34. The number of para-hydroxylation sites is 1. The lowest BCUT2D eigenvalue weighted by Crippen LogP contribution is -2.42. The molecule has 3 aliphatic rings. The lowest BCUT2D eigenvalue weighted by molar-refractivity contribution is -0.122. The number of hydrogen-bond acceptors (Lipinski definition) is 7. The van der Waals surface area contributed by atoms with Crippen molar-refractivity contribution in [2.24, 2.45) is 0 Å². The van der Waals surface area contributed by atoms with Gasteiger partial charge in [0.2, 0.25) is 17.2 Å². The van der Waals surface area contributed by atoms with Gasteiger partial charge in [0.05, 0.1) is 6.54 Å². The summed E-state index contributed by atoms with van der Waals surface area (Å²) in [7, 11) is 0. The van der Waals surface area contributed by atoms with Crippen LogP contribution in [0, 0.1) is 0 Å². The number of aromatic nitrogens is 2. The number of hydrogen-bond donors (Lipinski definition) is 0. The highest BCUT2D eigenvalue weighted by molar-refractivity contribution is 7.10. The summed E-state index contributed by atoms with van der Waals surface area (Å²) in [5, 5.41) is 0. The fourth-order valence-corrected chi connectivity index (χ4v) is 4.79. The molecule has 1 unspecified atom stereocenters. The fraction of sp³-hybridized carbons (Fsp3) is 0.211. The third-order valence-corrected chi connectivity index (χ3v) is 6.22. The van der Waals surface area contributed by atoms with Gasteiger partial charge in [0.15, 0.2) is 17.3 Å². The summed E-state index contributed by atoms with van der Waals surface area (Å²) < 4.78 is 21.5. The van der Waals surface area contributed by atoms with Crippen molar-refractivity contribution in [3.05, 3.63) is 57.8 Å². The van der Waals surface area contributed by atoms with Crippen LogP contribution in [0.1, 0.15) is 17.0 Å². The van der Waals surface area contributed by atoms with E-state index in [0.29, 0.717) is 27.5 Å². The second-order valence-corrected chi connectivity index (χ2v) is 8.10. The Hall–Kier alpha value is -2.84. The van der Waals surface area contributed by atoms with Crippen LogP contribution < -0.4 is 19.1 Å². The lowest BCUT2D eigenvalue weighted by atomic mass is 9.77. The Morgan fingerprint density at radius 2 is 1.93 bits per heavy atom. The fourth-order valence-electron chi connectivity index (χ4n) is 4.16. The van der Waals surface area contributed by atoms with Crippen LogP contribution in [0.25, 0.3) is 0 Å². The van der Waals surface area contributed by atoms with E-state index in [-0.39, 0.29) is 25.9 Å². The summed E-state index contributed by atoms with van der Waals surface area (Å²) in [6.07, 6.45) is 0. The van der Waals surface area contributed by atoms with Crippen LogP contribution in [-0.2, 0) is 16.8 Å². The Bertz CT molecular complexity index is 1150. The zero-order chi connectivity index (χ0) is 18.9. The van der Waals surface area contributed by atoms with E-state index >= 15 is 0 Å². The van der Waals surface area contributed by atoms with Crippen LogP contribution in [-0.4, -0.2) is 28.7 Å². The number of ether oxygens (including phenoxy) is 3. The first-order valence-electron chi connectivity index (χ1n) is 8.63. The topological polar surface area (TPSA) is 73.8 Å². The number of anilines is 1. The van der Waals surface area contributed by atoms with Crippen LogP contribution in [0.3, 0.4) is 0 Å². The van der Waals surface area contributed by atoms with E-state index in [1.54, 1.807) is 11.0 Å². The molecule has 2 aromatic carbocycles. The van der Waals surface area contributed by atoms with Crippen molar-refractivity contribution >= 4 is 34.7 Å². The molecule has 0 aliphatic carbocycles. The molecule has 0 saturated heterocycles.